The van der Waals surface area contributed by atoms with E-state index in [-0.39, 0.29) is 5.11 Å². The van der Waals surface area contributed by atoms with Gasteiger partial charge in [0.25, 0.3) is 0 Å². The van der Waals surface area contributed by atoms with E-state index >= 15 is 0 Å². The lowest BCUT2D eigenvalue weighted by atomic mass is 10.1. The topological polar surface area (TPSA) is 76.4 Å². The first kappa shape index (κ1) is 25.7. The van der Waals surface area contributed by atoms with Crippen molar-refractivity contribution in [2.45, 2.75) is 6.92 Å². The highest BCUT2D eigenvalue weighted by atomic mass is 35.5. The zero-order valence-corrected chi connectivity index (χ0v) is 22.8. The van der Waals surface area contributed by atoms with Crippen LogP contribution in [-0.4, -0.2) is 23.1 Å². The highest BCUT2D eigenvalue weighted by molar-refractivity contribution is 7.80. The van der Waals surface area contributed by atoms with Gasteiger partial charge in [-0.2, -0.15) is 0 Å². The number of nitrogens with one attached hydrogen (secondary N) is 2. The molecule has 6 nitrogen and oxygen atoms in total. The molecular weight excluding hydrogens is 538 g/mol. The number of nitrogens with zero attached hydrogens (tertiary/aromatic N) is 1. The van der Waals surface area contributed by atoms with Crippen LogP contribution in [-0.2, 0) is 4.79 Å². The molecule has 0 saturated carbocycles. The van der Waals surface area contributed by atoms with Crippen LogP contribution < -0.4 is 15.4 Å². The molecule has 0 aliphatic heterocycles. The maximum Gasteiger partial charge on any atom is 0.250 e. The number of para-hydroxylation sites is 1. The third kappa shape index (κ3) is 5.78. The first-order valence-electron chi connectivity index (χ1n) is 11.6. The van der Waals surface area contributed by atoms with Gasteiger partial charge >= 0.3 is 0 Å². The SMILES string of the molecule is COc1ccc(-c2nc3ccccc3s2)cc1NC(=S)NC(=O)/C=C/c1ccc(-c2ccc(C)c(Cl)c2)o1. The summed E-state index contributed by atoms with van der Waals surface area (Å²) in [7, 11) is 1.57. The smallest absolute Gasteiger partial charge is 0.250 e. The van der Waals surface area contributed by atoms with Gasteiger partial charge in [0, 0.05) is 22.2 Å². The minimum atomic E-state index is -0.403. The van der Waals surface area contributed by atoms with E-state index in [4.69, 9.17) is 38.0 Å². The van der Waals surface area contributed by atoms with Crippen molar-refractivity contribution in [3.05, 3.63) is 95.2 Å². The van der Waals surface area contributed by atoms with Crippen molar-refractivity contribution in [3.63, 3.8) is 0 Å². The number of fused-ring (bicyclic) bond motifs is 1. The Bertz CT molecular complexity index is 1660. The van der Waals surface area contributed by atoms with Gasteiger partial charge in [0.05, 0.1) is 23.0 Å². The number of ether oxygens (including phenoxy) is 1. The maximum atomic E-state index is 12.5. The Labute approximate surface area is 233 Å². The van der Waals surface area contributed by atoms with Crippen LogP contribution in [0, 0.1) is 6.92 Å². The maximum absolute atomic E-state index is 12.5. The first-order valence-corrected chi connectivity index (χ1v) is 13.2. The molecular formula is C29H22ClN3O3S2. The van der Waals surface area contributed by atoms with Gasteiger partial charge in [0.15, 0.2) is 5.11 Å². The number of thiocarbonyl (C=S) groups is 1. The third-order valence-corrected chi connectivity index (χ3v) is 7.40. The Morgan fingerprint density at radius 1 is 1.08 bits per heavy atom. The number of carbonyl (C=O) groups is 1. The second-order valence-electron chi connectivity index (χ2n) is 8.34. The van der Waals surface area contributed by atoms with Gasteiger partial charge in [-0.3, -0.25) is 10.1 Å². The molecule has 0 bridgehead atoms. The predicted molar refractivity (Wildman–Crippen MR) is 159 cm³/mol. The van der Waals surface area contributed by atoms with E-state index in [1.807, 2.05) is 73.7 Å². The Kier molecular flexibility index (Phi) is 7.55. The van der Waals surface area contributed by atoms with Crippen LogP contribution in [0.2, 0.25) is 5.02 Å². The minimum Gasteiger partial charge on any atom is -0.495 e. The summed E-state index contributed by atoms with van der Waals surface area (Å²) in [4.78, 5) is 17.2. The van der Waals surface area contributed by atoms with Gasteiger partial charge in [-0.1, -0.05) is 35.9 Å². The molecule has 5 rings (SSSR count). The quantitative estimate of drug-likeness (QED) is 0.164. The number of furan rings is 1. The summed E-state index contributed by atoms with van der Waals surface area (Å²) in [6.45, 7) is 1.94. The average Bonchev–Trinajstić information content (AvgIpc) is 3.56. The van der Waals surface area contributed by atoms with E-state index in [0.29, 0.717) is 28.0 Å². The van der Waals surface area contributed by atoms with E-state index in [9.17, 15) is 4.79 Å². The van der Waals surface area contributed by atoms with Gasteiger partial charge in [0.1, 0.15) is 22.3 Å². The first-order chi connectivity index (χ1) is 18.4. The van der Waals surface area contributed by atoms with Crippen LogP contribution in [0.15, 0.2) is 83.3 Å². The molecule has 1 amide bonds. The molecule has 2 N–H and O–H groups in total. The van der Waals surface area contributed by atoms with Gasteiger partial charge in [-0.05, 0) is 79.3 Å². The molecule has 9 heteroatoms. The number of hydrogen-bond acceptors (Lipinski definition) is 6. The number of aryl methyl sites for hydroxylation is 1. The second-order valence-corrected chi connectivity index (χ2v) is 10.2. The largest absolute Gasteiger partial charge is 0.495 e. The van der Waals surface area contributed by atoms with E-state index < -0.39 is 5.91 Å². The molecule has 0 aliphatic rings. The summed E-state index contributed by atoms with van der Waals surface area (Å²) >= 11 is 13.2. The highest BCUT2D eigenvalue weighted by Gasteiger charge is 2.12. The van der Waals surface area contributed by atoms with Gasteiger partial charge < -0.3 is 14.5 Å². The van der Waals surface area contributed by atoms with E-state index in [1.165, 1.54) is 6.08 Å². The summed E-state index contributed by atoms with van der Waals surface area (Å²) in [6, 6.07) is 23.0. The number of carbonyl (C=O) groups excluding carboxylic acids is 1. The van der Waals surface area contributed by atoms with E-state index in [0.717, 1.165) is 31.9 Å². The second kappa shape index (κ2) is 11.2. The fourth-order valence-electron chi connectivity index (χ4n) is 3.74. The Hall–Kier alpha value is -3.98. The molecule has 0 radical (unpaired) electrons. The van der Waals surface area contributed by atoms with Crippen LogP contribution >= 0.6 is 35.2 Å². The number of hydrogen-bond donors (Lipinski definition) is 2. The Morgan fingerprint density at radius 3 is 2.68 bits per heavy atom. The Balaban J connectivity index is 1.25. The molecule has 5 aromatic rings. The molecule has 0 saturated heterocycles. The molecule has 0 spiro atoms. The molecule has 0 aliphatic carbocycles. The standard InChI is InChI=1S/C29H22ClN3O3S2/c1-17-7-8-18(15-21(17)30)24-13-10-20(36-24)11-14-27(34)33-29(37)32-23-16-19(9-12-25(23)35-2)28-31-22-5-3-4-6-26(22)38-28/h3-16H,1-2H3,(H2,32,33,34,37)/b14-11+. The van der Waals surface area contributed by atoms with Crippen molar-refractivity contribution in [1.29, 1.82) is 0 Å². The molecule has 38 heavy (non-hydrogen) atoms. The summed E-state index contributed by atoms with van der Waals surface area (Å²) in [5.74, 6) is 1.36. The predicted octanol–water partition coefficient (Wildman–Crippen LogP) is 7.72. The number of anilines is 1. The zero-order chi connectivity index (χ0) is 26.6. The number of amides is 1. The number of methoxy groups -OCH3 is 1. The fraction of sp³-hybridized carbons (Fsp3) is 0.0690. The van der Waals surface area contributed by atoms with Crippen LogP contribution in [0.25, 0.3) is 38.2 Å². The van der Waals surface area contributed by atoms with Crippen LogP contribution in [0.4, 0.5) is 5.69 Å². The number of aromatic nitrogens is 1. The van der Waals surface area contributed by atoms with Crippen LogP contribution in [0.5, 0.6) is 5.75 Å². The summed E-state index contributed by atoms with van der Waals surface area (Å²) in [5, 5.41) is 7.38. The van der Waals surface area contributed by atoms with E-state index in [2.05, 4.69) is 10.6 Å². The molecule has 3 aromatic carbocycles. The fourth-order valence-corrected chi connectivity index (χ4v) is 5.10. The molecule has 2 aromatic heterocycles. The number of thiazole rings is 1. The minimum absolute atomic E-state index is 0.133. The van der Waals surface area contributed by atoms with Crippen LogP contribution in [0.3, 0.4) is 0 Å². The Morgan fingerprint density at radius 2 is 1.89 bits per heavy atom. The number of halogens is 1. The lowest BCUT2D eigenvalue weighted by molar-refractivity contribution is -0.115. The molecule has 0 fully saturated rings. The van der Waals surface area contributed by atoms with Crippen molar-refractivity contribution in [2.24, 2.45) is 0 Å². The van der Waals surface area contributed by atoms with Crippen molar-refractivity contribution < 1.29 is 13.9 Å². The summed E-state index contributed by atoms with van der Waals surface area (Å²) < 4.78 is 12.4. The summed E-state index contributed by atoms with van der Waals surface area (Å²) in [5.41, 5.74) is 4.32. The monoisotopic (exact) mass is 559 g/mol. The van der Waals surface area contributed by atoms with Gasteiger partial charge in [-0.25, -0.2) is 4.98 Å². The van der Waals surface area contributed by atoms with Crippen molar-refractivity contribution in [2.75, 3.05) is 12.4 Å². The summed E-state index contributed by atoms with van der Waals surface area (Å²) in [6.07, 6.45) is 2.93. The van der Waals surface area contributed by atoms with E-state index in [1.54, 1.807) is 30.6 Å². The third-order valence-electron chi connectivity index (χ3n) is 5.71. The van der Waals surface area contributed by atoms with Gasteiger partial charge in [-0.15, -0.1) is 11.3 Å². The van der Waals surface area contributed by atoms with Crippen molar-refractivity contribution in [3.8, 4) is 27.6 Å². The number of benzene rings is 3. The average molecular weight is 560 g/mol. The number of rotatable bonds is 6. The molecule has 2 heterocycles. The van der Waals surface area contributed by atoms with Gasteiger partial charge in [0.2, 0.25) is 5.91 Å². The van der Waals surface area contributed by atoms with Crippen LogP contribution in [0.1, 0.15) is 11.3 Å². The normalized spacial score (nSPS) is 11.1. The molecule has 190 valence electrons. The lowest BCUT2D eigenvalue weighted by Crippen LogP contribution is -2.32. The molecule has 0 unspecified atom stereocenters. The lowest BCUT2D eigenvalue weighted by Gasteiger charge is -2.13. The highest BCUT2D eigenvalue weighted by Crippen LogP contribution is 2.35. The van der Waals surface area contributed by atoms with Crippen molar-refractivity contribution >= 4 is 68.2 Å². The zero-order valence-electron chi connectivity index (χ0n) is 20.4. The van der Waals surface area contributed by atoms with Crippen molar-refractivity contribution in [1.82, 2.24) is 10.3 Å². The molecule has 0 atom stereocenters.